The molecular weight excluding hydrogens is 428 g/mol. The fourth-order valence-corrected chi connectivity index (χ4v) is 7.20. The van der Waals surface area contributed by atoms with Crippen LogP contribution in [0.5, 0.6) is 0 Å². The Morgan fingerprint density at radius 2 is 1.88 bits per heavy atom. The van der Waals surface area contributed by atoms with Gasteiger partial charge in [0.1, 0.15) is 12.2 Å². The van der Waals surface area contributed by atoms with Gasteiger partial charge in [-0.3, -0.25) is 9.78 Å². The molecule has 4 fully saturated rings. The van der Waals surface area contributed by atoms with Gasteiger partial charge in [0.15, 0.2) is 0 Å². The fourth-order valence-electron chi connectivity index (χ4n) is 7.20. The van der Waals surface area contributed by atoms with Crippen LogP contribution >= 0.6 is 0 Å². The summed E-state index contributed by atoms with van der Waals surface area (Å²) in [5.41, 5.74) is 3.93. The van der Waals surface area contributed by atoms with Gasteiger partial charge in [-0.2, -0.15) is 0 Å². The third-order valence-electron chi connectivity index (χ3n) is 8.43. The highest BCUT2D eigenvalue weighted by Gasteiger charge is 2.59. The Bertz CT molecular complexity index is 1140. The molecule has 0 amide bonds. The third kappa shape index (κ3) is 3.51. The van der Waals surface area contributed by atoms with Crippen LogP contribution in [0.2, 0.25) is 0 Å². The molecule has 7 rings (SSSR count). The van der Waals surface area contributed by atoms with Crippen molar-refractivity contribution in [1.82, 2.24) is 4.98 Å². The van der Waals surface area contributed by atoms with Crippen molar-refractivity contribution >= 4 is 23.7 Å². The van der Waals surface area contributed by atoms with E-state index in [0.29, 0.717) is 23.3 Å². The minimum atomic E-state index is -0.364. The number of carbonyl (C=O) groups is 2. The second kappa shape index (κ2) is 8.26. The van der Waals surface area contributed by atoms with Gasteiger partial charge in [-0.15, -0.1) is 0 Å². The van der Waals surface area contributed by atoms with Crippen LogP contribution in [0.4, 0.5) is 5.69 Å². The number of fused-ring (bicyclic) bond motifs is 1. The molecule has 0 saturated heterocycles. The van der Waals surface area contributed by atoms with Gasteiger partial charge in [-0.05, 0) is 55.4 Å². The average Bonchev–Trinajstić information content (AvgIpc) is 3.34. The Hall–Kier alpha value is -3.15. The highest BCUT2D eigenvalue weighted by atomic mass is 16.5. The maximum absolute atomic E-state index is 13.2. The normalized spacial score (nSPS) is 30.1. The number of hydrogen-bond donors (Lipinski definition) is 1. The van der Waals surface area contributed by atoms with Crippen LogP contribution in [0.15, 0.2) is 42.6 Å². The van der Waals surface area contributed by atoms with Crippen molar-refractivity contribution in [3.05, 3.63) is 65.0 Å². The molecule has 34 heavy (non-hydrogen) atoms. The summed E-state index contributed by atoms with van der Waals surface area (Å²) < 4.78 is 10.9. The highest BCUT2D eigenvalue weighted by molar-refractivity contribution is 5.98. The number of anilines is 1. The van der Waals surface area contributed by atoms with Crippen LogP contribution in [-0.2, 0) is 27.3 Å². The molecule has 2 atom stereocenters. The first-order chi connectivity index (χ1) is 16.6. The minimum absolute atomic E-state index is 0.0386. The number of pyridine rings is 1. The van der Waals surface area contributed by atoms with E-state index in [-0.39, 0.29) is 30.0 Å². The molecule has 2 unspecified atom stereocenters. The predicted molar refractivity (Wildman–Crippen MR) is 128 cm³/mol. The van der Waals surface area contributed by atoms with E-state index in [0.717, 1.165) is 61.0 Å². The van der Waals surface area contributed by atoms with E-state index >= 15 is 0 Å². The van der Waals surface area contributed by atoms with Gasteiger partial charge >= 0.3 is 11.9 Å². The Labute approximate surface area is 199 Å². The first kappa shape index (κ1) is 21.4. The summed E-state index contributed by atoms with van der Waals surface area (Å²) in [6.07, 6.45) is 11.5. The van der Waals surface area contributed by atoms with Gasteiger partial charge in [0.2, 0.25) is 0 Å². The molecule has 0 radical (unpaired) electrons. The Balaban J connectivity index is 1.27. The molecule has 4 saturated carbocycles. The molecule has 1 N–H and O–H groups in total. The molecule has 4 bridgehead atoms. The lowest BCUT2D eigenvalue weighted by molar-refractivity contribution is -0.169. The number of nitrogens with one attached hydrogen (secondary N) is 1. The van der Waals surface area contributed by atoms with Crippen molar-refractivity contribution in [2.45, 2.75) is 51.2 Å². The van der Waals surface area contributed by atoms with Crippen molar-refractivity contribution in [3.63, 3.8) is 0 Å². The minimum Gasteiger partial charge on any atom is -0.469 e. The van der Waals surface area contributed by atoms with Crippen LogP contribution in [0.25, 0.3) is 6.08 Å². The fraction of sp³-hybridized carbons (Fsp3) is 0.464. The summed E-state index contributed by atoms with van der Waals surface area (Å²) in [7, 11) is 1.51. The van der Waals surface area contributed by atoms with Crippen molar-refractivity contribution in [1.29, 1.82) is 0 Å². The lowest BCUT2D eigenvalue weighted by atomic mass is 9.48. The van der Waals surface area contributed by atoms with Crippen molar-refractivity contribution in [2.24, 2.45) is 23.2 Å². The molecule has 0 aliphatic heterocycles. The largest absolute Gasteiger partial charge is 0.469 e. The molecular formula is C28H30N2O4. The topological polar surface area (TPSA) is 77.5 Å². The van der Waals surface area contributed by atoms with Gasteiger partial charge < -0.3 is 14.8 Å². The van der Waals surface area contributed by atoms with E-state index in [9.17, 15) is 9.59 Å². The zero-order chi connectivity index (χ0) is 23.3. The number of allylic oxidation sites excluding steroid dienone is 1. The number of ether oxygens (including phenoxy) is 2. The summed E-state index contributed by atoms with van der Waals surface area (Å²) in [4.78, 5) is 30.4. The summed E-state index contributed by atoms with van der Waals surface area (Å²) in [6, 6.07) is 9.94. The predicted octanol–water partition coefficient (Wildman–Crippen LogP) is 4.79. The van der Waals surface area contributed by atoms with Crippen molar-refractivity contribution in [3.8, 4) is 0 Å². The van der Waals surface area contributed by atoms with E-state index in [4.69, 9.17) is 9.47 Å². The first-order valence-electron chi connectivity index (χ1n) is 12.3. The monoisotopic (exact) mass is 458 g/mol. The summed E-state index contributed by atoms with van der Waals surface area (Å²) >= 11 is 0. The number of nitrogens with zero attached hydrogens (tertiary/aromatic N) is 1. The van der Waals surface area contributed by atoms with E-state index in [1.807, 2.05) is 30.3 Å². The quantitative estimate of drug-likeness (QED) is 0.628. The summed E-state index contributed by atoms with van der Waals surface area (Å²) in [5, 5.41) is 3.80. The van der Waals surface area contributed by atoms with Crippen LogP contribution in [0.1, 0.15) is 59.3 Å². The van der Waals surface area contributed by atoms with Gasteiger partial charge in [-0.25, -0.2) is 4.79 Å². The first-order valence-corrected chi connectivity index (χ1v) is 12.3. The van der Waals surface area contributed by atoms with Crippen molar-refractivity contribution < 1.29 is 19.1 Å². The second-order valence-corrected chi connectivity index (χ2v) is 10.5. The summed E-state index contributed by atoms with van der Waals surface area (Å²) in [6.45, 7) is 0.226. The Kier molecular flexibility index (Phi) is 5.19. The molecule has 2 aromatic rings. The average molecular weight is 459 g/mol. The maximum atomic E-state index is 13.2. The summed E-state index contributed by atoms with van der Waals surface area (Å²) in [5.74, 6) is 0.980. The zero-order valence-corrected chi connectivity index (χ0v) is 19.5. The molecule has 0 spiro atoms. The maximum Gasteiger partial charge on any atom is 0.342 e. The van der Waals surface area contributed by atoms with E-state index in [2.05, 4.69) is 22.5 Å². The number of benzene rings is 1. The van der Waals surface area contributed by atoms with E-state index in [1.165, 1.54) is 7.11 Å². The molecule has 6 nitrogen and oxygen atoms in total. The third-order valence-corrected chi connectivity index (χ3v) is 8.43. The molecule has 1 aromatic carbocycles. The number of rotatable bonds is 6. The van der Waals surface area contributed by atoms with Crippen LogP contribution in [0, 0.1) is 23.2 Å². The van der Waals surface area contributed by atoms with E-state index in [1.54, 1.807) is 6.20 Å². The van der Waals surface area contributed by atoms with Gasteiger partial charge in [0.25, 0.3) is 0 Å². The smallest absolute Gasteiger partial charge is 0.342 e. The van der Waals surface area contributed by atoms with Crippen LogP contribution in [-0.4, -0.2) is 30.1 Å². The van der Waals surface area contributed by atoms with Gasteiger partial charge in [0, 0.05) is 24.2 Å². The molecule has 176 valence electrons. The number of carbonyl (C=O) groups excluding carboxylic acids is 2. The zero-order valence-electron chi connectivity index (χ0n) is 19.5. The number of methoxy groups -OCH3 is 1. The number of hydrogen-bond acceptors (Lipinski definition) is 6. The van der Waals surface area contributed by atoms with Crippen LogP contribution in [0.3, 0.4) is 0 Å². The van der Waals surface area contributed by atoms with Gasteiger partial charge in [0.05, 0.1) is 23.9 Å². The van der Waals surface area contributed by atoms with E-state index < -0.39 is 0 Å². The highest BCUT2D eigenvalue weighted by Crippen LogP contribution is 2.61. The lowest BCUT2D eigenvalue weighted by Crippen LogP contribution is -2.58. The molecule has 5 aliphatic rings. The Morgan fingerprint density at radius 1 is 1.12 bits per heavy atom. The SMILES string of the molecule is COC(=O)C12CC3CC(C1)C(Nc1c(C(=O)OCc4ccccc4)cnc4c1C=CC4)C(C3)C2. The molecule has 1 heterocycles. The van der Waals surface area contributed by atoms with Gasteiger partial charge in [-0.1, -0.05) is 42.5 Å². The number of aromatic nitrogens is 1. The van der Waals surface area contributed by atoms with Crippen molar-refractivity contribution in [2.75, 3.05) is 12.4 Å². The number of esters is 2. The molecule has 1 aromatic heterocycles. The standard InChI is InChI=1S/C28H30N2O4/c1-33-27(32)28-12-18-10-19(13-28)24(20(11-18)14-28)30-25-21-8-5-9-23(21)29-15-22(25)26(31)34-16-17-6-3-2-4-7-17/h2-8,15,18-20,24H,9-14,16H2,1H3,(H,29,30). The van der Waals surface area contributed by atoms with Crippen LogP contribution < -0.4 is 5.32 Å². The Morgan fingerprint density at radius 3 is 2.62 bits per heavy atom. The second-order valence-electron chi connectivity index (χ2n) is 10.5. The lowest BCUT2D eigenvalue weighted by Gasteiger charge is -2.58. The molecule has 6 heteroatoms. The molecule has 5 aliphatic carbocycles.